The van der Waals surface area contributed by atoms with Crippen molar-refractivity contribution >= 4 is 27.7 Å². The Morgan fingerprint density at radius 1 is 1.50 bits per heavy atom. The Balaban J connectivity index is 3.99. The molecule has 70 valence electrons. The number of hydrogen-bond donors (Lipinski definition) is 1. The fourth-order valence-corrected chi connectivity index (χ4v) is 1.07. The van der Waals surface area contributed by atoms with E-state index in [0.717, 1.165) is 0 Å². The lowest BCUT2D eigenvalue weighted by molar-refractivity contribution is -0.133. The third-order valence-corrected chi connectivity index (χ3v) is 1.94. The molecule has 0 aromatic carbocycles. The van der Waals surface area contributed by atoms with Gasteiger partial charge < -0.3 is 10.2 Å². The second-order valence-corrected chi connectivity index (χ2v) is 2.78. The molecule has 0 aliphatic rings. The maximum absolute atomic E-state index is 11.1. The van der Waals surface area contributed by atoms with Gasteiger partial charge in [0.25, 0.3) is 0 Å². The van der Waals surface area contributed by atoms with Crippen LogP contribution in [-0.4, -0.2) is 42.2 Å². The molecule has 0 bridgehead atoms. The molecule has 0 aromatic rings. The molecule has 0 saturated carbocycles. The SMILES string of the molecule is CCN(CC(=O)NC)C(=O)CBr. The third-order valence-electron chi connectivity index (χ3n) is 1.46. The molecule has 0 spiro atoms. The van der Waals surface area contributed by atoms with Crippen LogP contribution >= 0.6 is 15.9 Å². The Morgan fingerprint density at radius 3 is 2.42 bits per heavy atom. The number of alkyl halides is 1. The fraction of sp³-hybridized carbons (Fsp3) is 0.714. The topological polar surface area (TPSA) is 49.4 Å². The highest BCUT2D eigenvalue weighted by Gasteiger charge is 2.12. The van der Waals surface area contributed by atoms with E-state index in [1.807, 2.05) is 6.92 Å². The van der Waals surface area contributed by atoms with Crippen LogP contribution < -0.4 is 5.32 Å². The van der Waals surface area contributed by atoms with Crippen LogP contribution in [0.1, 0.15) is 6.92 Å². The van der Waals surface area contributed by atoms with Crippen LogP contribution in [0.3, 0.4) is 0 Å². The van der Waals surface area contributed by atoms with E-state index < -0.39 is 0 Å². The molecule has 2 amide bonds. The number of carbonyl (C=O) groups excluding carboxylic acids is 2. The number of likely N-dealkylation sites (N-methyl/N-ethyl adjacent to an activating group) is 2. The highest BCUT2D eigenvalue weighted by Crippen LogP contribution is 1.92. The predicted molar refractivity (Wildman–Crippen MR) is 50.1 cm³/mol. The summed E-state index contributed by atoms with van der Waals surface area (Å²) in [7, 11) is 1.55. The zero-order chi connectivity index (χ0) is 9.56. The molecule has 4 nitrogen and oxygen atoms in total. The van der Waals surface area contributed by atoms with E-state index in [1.54, 1.807) is 7.05 Å². The van der Waals surface area contributed by atoms with Crippen molar-refractivity contribution in [2.24, 2.45) is 0 Å². The normalized spacial score (nSPS) is 9.25. The van der Waals surface area contributed by atoms with Gasteiger partial charge in [-0.1, -0.05) is 15.9 Å². The van der Waals surface area contributed by atoms with Crippen molar-refractivity contribution in [3.63, 3.8) is 0 Å². The molecule has 5 heteroatoms. The monoisotopic (exact) mass is 236 g/mol. The summed E-state index contributed by atoms with van der Waals surface area (Å²) < 4.78 is 0. The molecule has 1 N–H and O–H groups in total. The van der Waals surface area contributed by atoms with Gasteiger partial charge in [0.05, 0.1) is 11.9 Å². The molecule has 0 aliphatic carbocycles. The summed E-state index contributed by atoms with van der Waals surface area (Å²) in [5.41, 5.74) is 0. The Bertz CT molecular complexity index is 173. The number of nitrogens with one attached hydrogen (secondary N) is 1. The van der Waals surface area contributed by atoms with Crippen LogP contribution in [0.25, 0.3) is 0 Å². The molecular weight excluding hydrogens is 224 g/mol. The molecular formula is C7H13BrN2O2. The first-order valence-electron chi connectivity index (χ1n) is 3.70. The predicted octanol–water partition coefficient (Wildman–Crippen LogP) is -0.0242. The third kappa shape index (κ3) is 3.71. The van der Waals surface area contributed by atoms with Gasteiger partial charge in [-0.3, -0.25) is 9.59 Å². The highest BCUT2D eigenvalue weighted by molar-refractivity contribution is 9.09. The molecule has 0 aromatic heterocycles. The number of amides is 2. The molecule has 0 radical (unpaired) electrons. The number of halogens is 1. The molecule has 0 atom stereocenters. The Hall–Kier alpha value is -0.580. The van der Waals surface area contributed by atoms with Gasteiger partial charge in [0, 0.05) is 13.6 Å². The summed E-state index contributed by atoms with van der Waals surface area (Å²) in [4.78, 5) is 23.5. The van der Waals surface area contributed by atoms with Gasteiger partial charge in [-0.2, -0.15) is 0 Å². The maximum atomic E-state index is 11.1. The molecule has 0 aliphatic heterocycles. The summed E-state index contributed by atoms with van der Waals surface area (Å²) >= 11 is 3.05. The lowest BCUT2D eigenvalue weighted by Gasteiger charge is -2.18. The molecule has 0 unspecified atom stereocenters. The highest BCUT2D eigenvalue weighted by atomic mass is 79.9. The molecule has 0 heterocycles. The van der Waals surface area contributed by atoms with E-state index in [1.165, 1.54) is 4.90 Å². The van der Waals surface area contributed by atoms with Crippen molar-refractivity contribution in [3.05, 3.63) is 0 Å². The lowest BCUT2D eigenvalue weighted by atomic mass is 10.4. The summed E-state index contributed by atoms with van der Waals surface area (Å²) in [6, 6.07) is 0. The summed E-state index contributed by atoms with van der Waals surface area (Å²) in [5, 5.41) is 2.72. The van der Waals surface area contributed by atoms with Gasteiger partial charge in [-0.15, -0.1) is 0 Å². The number of carbonyl (C=O) groups is 2. The van der Waals surface area contributed by atoms with Gasteiger partial charge in [0.2, 0.25) is 11.8 Å². The van der Waals surface area contributed by atoms with Crippen molar-refractivity contribution < 1.29 is 9.59 Å². The Morgan fingerprint density at radius 2 is 2.08 bits per heavy atom. The zero-order valence-corrected chi connectivity index (χ0v) is 8.85. The average molecular weight is 237 g/mol. The summed E-state index contributed by atoms with van der Waals surface area (Å²) in [5.74, 6) is -0.216. The van der Waals surface area contributed by atoms with Crippen LogP contribution in [-0.2, 0) is 9.59 Å². The number of nitrogens with zero attached hydrogens (tertiary/aromatic N) is 1. The lowest BCUT2D eigenvalue weighted by Crippen LogP contribution is -2.39. The second-order valence-electron chi connectivity index (χ2n) is 2.21. The largest absolute Gasteiger partial charge is 0.358 e. The van der Waals surface area contributed by atoms with Crippen molar-refractivity contribution in [1.29, 1.82) is 0 Å². The van der Waals surface area contributed by atoms with Crippen molar-refractivity contribution in [2.45, 2.75) is 6.92 Å². The summed E-state index contributed by atoms with van der Waals surface area (Å²) in [6.07, 6.45) is 0. The Labute approximate surface area is 80.4 Å². The van der Waals surface area contributed by atoms with Crippen molar-refractivity contribution in [3.8, 4) is 0 Å². The van der Waals surface area contributed by atoms with Crippen LogP contribution in [0.5, 0.6) is 0 Å². The van der Waals surface area contributed by atoms with Crippen molar-refractivity contribution in [2.75, 3.05) is 25.5 Å². The minimum absolute atomic E-state index is 0.0684. The number of rotatable bonds is 4. The van der Waals surface area contributed by atoms with E-state index in [2.05, 4.69) is 21.2 Å². The van der Waals surface area contributed by atoms with Gasteiger partial charge >= 0.3 is 0 Å². The Kier molecular flexibility index (Phi) is 5.70. The van der Waals surface area contributed by atoms with E-state index in [9.17, 15) is 9.59 Å². The van der Waals surface area contributed by atoms with Crippen LogP contribution in [0.2, 0.25) is 0 Å². The van der Waals surface area contributed by atoms with Crippen LogP contribution in [0, 0.1) is 0 Å². The van der Waals surface area contributed by atoms with E-state index in [4.69, 9.17) is 0 Å². The summed E-state index contributed by atoms with van der Waals surface area (Å²) in [6.45, 7) is 2.53. The second kappa shape index (κ2) is 5.99. The standard InChI is InChI=1S/C7H13BrN2O2/c1-3-10(7(12)4-8)5-6(11)9-2/h3-5H2,1-2H3,(H,9,11). The minimum atomic E-state index is -0.147. The first-order valence-corrected chi connectivity index (χ1v) is 4.82. The first kappa shape index (κ1) is 11.4. The molecule has 0 rings (SSSR count). The molecule has 0 fully saturated rings. The van der Waals surface area contributed by atoms with E-state index in [0.29, 0.717) is 6.54 Å². The van der Waals surface area contributed by atoms with Crippen LogP contribution in [0.4, 0.5) is 0 Å². The van der Waals surface area contributed by atoms with Crippen molar-refractivity contribution in [1.82, 2.24) is 10.2 Å². The van der Waals surface area contributed by atoms with Gasteiger partial charge in [0.1, 0.15) is 0 Å². The fourth-order valence-electron chi connectivity index (χ4n) is 0.713. The maximum Gasteiger partial charge on any atom is 0.239 e. The minimum Gasteiger partial charge on any atom is -0.358 e. The average Bonchev–Trinajstić information content (AvgIpc) is 2.12. The zero-order valence-electron chi connectivity index (χ0n) is 7.26. The van der Waals surface area contributed by atoms with E-state index in [-0.39, 0.29) is 23.7 Å². The van der Waals surface area contributed by atoms with Crippen LogP contribution in [0.15, 0.2) is 0 Å². The molecule has 0 saturated heterocycles. The smallest absolute Gasteiger partial charge is 0.239 e. The quantitative estimate of drug-likeness (QED) is 0.698. The van der Waals surface area contributed by atoms with Gasteiger partial charge in [0.15, 0.2) is 0 Å². The van der Waals surface area contributed by atoms with E-state index >= 15 is 0 Å². The number of hydrogen-bond acceptors (Lipinski definition) is 2. The molecule has 12 heavy (non-hydrogen) atoms. The van der Waals surface area contributed by atoms with Gasteiger partial charge in [-0.25, -0.2) is 0 Å². The first-order chi connectivity index (χ1) is 5.65. The van der Waals surface area contributed by atoms with Gasteiger partial charge in [-0.05, 0) is 6.92 Å².